The molecule has 1 unspecified atom stereocenters. The molecule has 0 saturated carbocycles. The van der Waals surface area contributed by atoms with Crippen molar-refractivity contribution in [1.29, 1.82) is 0 Å². The highest BCUT2D eigenvalue weighted by Gasteiger charge is 2.09. The topological polar surface area (TPSA) is 70.6 Å². The van der Waals surface area contributed by atoms with Crippen molar-refractivity contribution in [2.75, 3.05) is 25.1 Å². The van der Waals surface area contributed by atoms with Crippen LogP contribution < -0.4 is 10.6 Å². The number of aliphatic imine (C=N–C) groups is 1. The molecule has 5 nitrogen and oxygen atoms in total. The van der Waals surface area contributed by atoms with E-state index in [-0.39, 0.29) is 11.8 Å². The third kappa shape index (κ3) is 15.9. The average Bonchev–Trinajstić information content (AvgIpc) is 2.47. The Hall–Kier alpha value is -0.780. The highest BCUT2D eigenvalue weighted by Crippen LogP contribution is 2.06. The molecule has 0 radical (unpaired) electrons. The van der Waals surface area contributed by atoms with Crippen molar-refractivity contribution in [2.24, 2.45) is 4.99 Å². The number of rotatable bonds is 13. The smallest absolute Gasteiger partial charge is 0.191 e. The van der Waals surface area contributed by atoms with E-state index in [0.717, 1.165) is 25.5 Å². The number of hydrogen-bond acceptors (Lipinski definition) is 3. The molecule has 0 heterocycles. The van der Waals surface area contributed by atoms with Crippen molar-refractivity contribution in [1.82, 2.24) is 10.6 Å². The van der Waals surface area contributed by atoms with Crippen molar-refractivity contribution < 1.29 is 8.42 Å². The molecule has 6 heteroatoms. The molecule has 0 amide bonds. The van der Waals surface area contributed by atoms with Gasteiger partial charge in [0, 0.05) is 25.4 Å². The summed E-state index contributed by atoms with van der Waals surface area (Å²) in [5.74, 6) is 0.998. The maximum Gasteiger partial charge on any atom is 0.191 e. The van der Waals surface area contributed by atoms with E-state index in [9.17, 15) is 8.42 Å². The Morgan fingerprint density at radius 1 is 1.04 bits per heavy atom. The van der Waals surface area contributed by atoms with E-state index in [4.69, 9.17) is 0 Å². The maximum atomic E-state index is 11.2. The molecule has 2 N–H and O–H groups in total. The van der Waals surface area contributed by atoms with Gasteiger partial charge in [-0.25, -0.2) is 8.42 Å². The normalized spacial score (nSPS) is 13.8. The van der Waals surface area contributed by atoms with Gasteiger partial charge in [0.15, 0.2) is 5.96 Å². The van der Waals surface area contributed by atoms with Gasteiger partial charge in [-0.15, -0.1) is 0 Å². The molecule has 0 aromatic rings. The summed E-state index contributed by atoms with van der Waals surface area (Å²) in [7, 11) is -2.90. The molecule has 0 aliphatic rings. The van der Waals surface area contributed by atoms with Crippen LogP contribution in [0.1, 0.15) is 72.1 Å². The fraction of sp³-hybridized carbons (Fsp3) is 0.941. The van der Waals surface area contributed by atoms with Crippen LogP contribution in [-0.2, 0) is 9.84 Å². The summed E-state index contributed by atoms with van der Waals surface area (Å²) in [6.07, 6.45) is 10.8. The van der Waals surface area contributed by atoms with E-state index in [1.54, 1.807) is 0 Å². The lowest BCUT2D eigenvalue weighted by Gasteiger charge is -2.17. The van der Waals surface area contributed by atoms with Gasteiger partial charge >= 0.3 is 0 Å². The Morgan fingerprint density at radius 3 is 2.22 bits per heavy atom. The summed E-state index contributed by atoms with van der Waals surface area (Å²) >= 11 is 0. The predicted octanol–water partition coefficient (Wildman–Crippen LogP) is 3.12. The molecule has 0 fully saturated rings. The fourth-order valence-corrected chi connectivity index (χ4v) is 3.06. The van der Waals surface area contributed by atoms with Crippen LogP contribution in [0.3, 0.4) is 0 Å². The number of hydrogen-bond donors (Lipinski definition) is 2. The van der Waals surface area contributed by atoms with Gasteiger partial charge in [0.05, 0.1) is 5.75 Å². The van der Waals surface area contributed by atoms with Gasteiger partial charge in [0.1, 0.15) is 9.84 Å². The number of nitrogens with one attached hydrogen (secondary N) is 2. The zero-order valence-electron chi connectivity index (χ0n) is 15.5. The quantitative estimate of drug-likeness (QED) is 0.305. The number of nitrogens with zero attached hydrogens (tertiary/aromatic N) is 1. The van der Waals surface area contributed by atoms with Crippen LogP contribution in [-0.4, -0.2) is 45.5 Å². The van der Waals surface area contributed by atoms with Crippen LogP contribution in [0.25, 0.3) is 0 Å². The van der Waals surface area contributed by atoms with E-state index in [1.165, 1.54) is 44.8 Å². The third-order valence-electron chi connectivity index (χ3n) is 3.68. The van der Waals surface area contributed by atoms with Gasteiger partial charge in [-0.05, 0) is 26.7 Å². The van der Waals surface area contributed by atoms with E-state index in [1.807, 2.05) is 13.8 Å². The second-order valence-corrected chi connectivity index (χ2v) is 8.61. The standard InChI is InChI=1S/C17H37N3O2S/c1-5-7-8-9-10-11-12-14-19-17(18-6-2)20-16(3)13-15-23(4,21)22/h16H,5-15H2,1-4H3,(H2,18,19,20). The molecule has 0 spiro atoms. The highest BCUT2D eigenvalue weighted by atomic mass is 32.2. The predicted molar refractivity (Wildman–Crippen MR) is 101 cm³/mol. The molecule has 0 aromatic carbocycles. The van der Waals surface area contributed by atoms with E-state index < -0.39 is 9.84 Å². The Bertz CT molecular complexity index is 408. The second kappa shape index (κ2) is 13.6. The Labute approximate surface area is 143 Å². The zero-order chi connectivity index (χ0) is 17.6. The van der Waals surface area contributed by atoms with Gasteiger partial charge in [-0.3, -0.25) is 4.99 Å². The van der Waals surface area contributed by atoms with Gasteiger partial charge in [0.2, 0.25) is 0 Å². The second-order valence-electron chi connectivity index (χ2n) is 6.35. The molecule has 23 heavy (non-hydrogen) atoms. The molecule has 0 aliphatic carbocycles. The first-order valence-corrected chi connectivity index (χ1v) is 11.2. The lowest BCUT2D eigenvalue weighted by Crippen LogP contribution is -2.42. The monoisotopic (exact) mass is 347 g/mol. The molecule has 0 aliphatic heterocycles. The van der Waals surface area contributed by atoms with Crippen molar-refractivity contribution in [2.45, 2.75) is 78.2 Å². The van der Waals surface area contributed by atoms with Gasteiger partial charge in [-0.2, -0.15) is 0 Å². The summed E-state index contributed by atoms with van der Waals surface area (Å²) in [5.41, 5.74) is 0. The van der Waals surface area contributed by atoms with E-state index in [2.05, 4.69) is 22.5 Å². The summed E-state index contributed by atoms with van der Waals surface area (Å²) in [6, 6.07) is 0.0940. The lowest BCUT2D eigenvalue weighted by molar-refractivity contribution is 0.578. The SMILES string of the molecule is CCCCCCCCCN=C(NCC)NC(C)CCS(C)(=O)=O. The minimum atomic E-state index is -2.90. The molecule has 0 saturated heterocycles. The molecule has 138 valence electrons. The third-order valence-corrected chi connectivity index (χ3v) is 4.66. The van der Waals surface area contributed by atoms with Crippen molar-refractivity contribution >= 4 is 15.8 Å². The number of guanidine groups is 1. The van der Waals surface area contributed by atoms with Crippen LogP contribution in [0.4, 0.5) is 0 Å². The van der Waals surface area contributed by atoms with Crippen LogP contribution in [0.15, 0.2) is 4.99 Å². The van der Waals surface area contributed by atoms with Crippen LogP contribution >= 0.6 is 0 Å². The molecular weight excluding hydrogens is 310 g/mol. The Morgan fingerprint density at radius 2 is 1.65 bits per heavy atom. The van der Waals surface area contributed by atoms with Gasteiger partial charge in [-0.1, -0.05) is 45.4 Å². The number of sulfone groups is 1. The first-order valence-electron chi connectivity index (χ1n) is 9.11. The number of unbranched alkanes of at least 4 members (excludes halogenated alkanes) is 6. The molecule has 0 aromatic heterocycles. The first kappa shape index (κ1) is 22.2. The van der Waals surface area contributed by atoms with Crippen molar-refractivity contribution in [3.05, 3.63) is 0 Å². The molecule has 0 bridgehead atoms. The van der Waals surface area contributed by atoms with Crippen molar-refractivity contribution in [3.8, 4) is 0 Å². The highest BCUT2D eigenvalue weighted by molar-refractivity contribution is 7.90. The van der Waals surface area contributed by atoms with Gasteiger partial charge < -0.3 is 10.6 Å². The molecule has 1 atom stereocenters. The first-order chi connectivity index (χ1) is 10.9. The summed E-state index contributed by atoms with van der Waals surface area (Å²) in [4.78, 5) is 4.58. The lowest BCUT2D eigenvalue weighted by atomic mass is 10.1. The largest absolute Gasteiger partial charge is 0.357 e. The van der Waals surface area contributed by atoms with Crippen molar-refractivity contribution in [3.63, 3.8) is 0 Å². The Kier molecular flexibility index (Phi) is 13.2. The summed E-state index contributed by atoms with van der Waals surface area (Å²) in [6.45, 7) is 7.89. The average molecular weight is 348 g/mol. The molecular formula is C17H37N3O2S. The van der Waals surface area contributed by atoms with Gasteiger partial charge in [0.25, 0.3) is 0 Å². The zero-order valence-corrected chi connectivity index (χ0v) is 16.3. The summed E-state index contributed by atoms with van der Waals surface area (Å²) < 4.78 is 22.4. The maximum absolute atomic E-state index is 11.2. The minimum Gasteiger partial charge on any atom is -0.357 e. The minimum absolute atomic E-state index is 0.0940. The molecule has 0 rings (SSSR count). The van der Waals surface area contributed by atoms with Crippen LogP contribution in [0.5, 0.6) is 0 Å². The van der Waals surface area contributed by atoms with E-state index in [0.29, 0.717) is 6.42 Å². The fourth-order valence-electron chi connectivity index (χ4n) is 2.28. The summed E-state index contributed by atoms with van der Waals surface area (Å²) in [5, 5.41) is 6.50. The van der Waals surface area contributed by atoms with E-state index >= 15 is 0 Å². The Balaban J connectivity index is 3.98. The van der Waals surface area contributed by atoms with Crippen LogP contribution in [0, 0.1) is 0 Å². The van der Waals surface area contributed by atoms with Crippen LogP contribution in [0.2, 0.25) is 0 Å².